The van der Waals surface area contributed by atoms with E-state index in [-0.39, 0.29) is 11.4 Å². The third kappa shape index (κ3) is 1.88. The van der Waals surface area contributed by atoms with E-state index in [1.807, 2.05) is 0 Å². The first-order chi connectivity index (χ1) is 9.13. The van der Waals surface area contributed by atoms with Gasteiger partial charge in [-0.25, -0.2) is 0 Å². The first kappa shape index (κ1) is 11.8. The van der Waals surface area contributed by atoms with E-state index in [4.69, 9.17) is 11.6 Å². The molecule has 4 bridgehead atoms. The van der Waals surface area contributed by atoms with Crippen LogP contribution in [0.3, 0.4) is 0 Å². The second kappa shape index (κ2) is 3.98. The lowest BCUT2D eigenvalue weighted by Crippen LogP contribution is -2.59. The Hall–Kier alpha value is -1.03. The van der Waals surface area contributed by atoms with Gasteiger partial charge in [-0.15, -0.1) is 0 Å². The van der Waals surface area contributed by atoms with Gasteiger partial charge in [-0.1, -0.05) is 11.6 Å². The predicted octanol–water partition coefficient (Wildman–Crippen LogP) is 2.76. The molecule has 0 aliphatic heterocycles. The first-order valence-corrected chi connectivity index (χ1v) is 7.53. The number of nitrogens with one attached hydrogen (secondary N) is 2. The summed E-state index contributed by atoms with van der Waals surface area (Å²) < 4.78 is 0. The van der Waals surface area contributed by atoms with Gasteiger partial charge < -0.3 is 5.32 Å². The smallest absolute Gasteiger partial charge is 0.256 e. The summed E-state index contributed by atoms with van der Waals surface area (Å²) in [5.41, 5.74) is 0.504. The van der Waals surface area contributed by atoms with Gasteiger partial charge in [0.15, 0.2) is 0 Å². The van der Waals surface area contributed by atoms with Crippen LogP contribution in [-0.4, -0.2) is 21.6 Å². The predicted molar refractivity (Wildman–Crippen MR) is 72.0 cm³/mol. The molecule has 2 N–H and O–H groups in total. The minimum Gasteiger partial charge on any atom is -0.346 e. The topological polar surface area (TPSA) is 57.8 Å². The Labute approximate surface area is 117 Å². The number of H-pyrrole nitrogens is 1. The van der Waals surface area contributed by atoms with Crippen LogP contribution in [0.25, 0.3) is 0 Å². The molecular formula is C14H18ClN3O. The molecule has 0 atom stereocenters. The Kier molecular flexibility index (Phi) is 2.47. The highest BCUT2D eigenvalue weighted by atomic mass is 35.5. The highest BCUT2D eigenvalue weighted by Crippen LogP contribution is 2.55. The molecule has 102 valence electrons. The van der Waals surface area contributed by atoms with Gasteiger partial charge in [-0.05, 0) is 56.3 Å². The molecule has 4 aliphatic carbocycles. The second-order valence-corrected chi connectivity index (χ2v) is 7.13. The van der Waals surface area contributed by atoms with E-state index >= 15 is 0 Å². The number of hydrogen-bond acceptors (Lipinski definition) is 2. The average Bonchev–Trinajstić information content (AvgIpc) is 2.72. The molecule has 19 heavy (non-hydrogen) atoms. The first-order valence-electron chi connectivity index (χ1n) is 7.15. The van der Waals surface area contributed by atoms with Crippen LogP contribution < -0.4 is 5.32 Å². The average molecular weight is 280 g/mol. The van der Waals surface area contributed by atoms with E-state index in [9.17, 15) is 4.79 Å². The molecule has 4 nitrogen and oxygen atoms in total. The van der Waals surface area contributed by atoms with Crippen molar-refractivity contribution in [2.24, 2.45) is 17.8 Å². The minimum absolute atomic E-state index is 0.0342. The summed E-state index contributed by atoms with van der Waals surface area (Å²) in [5, 5.41) is 10.1. The Balaban J connectivity index is 1.56. The number of carbonyl (C=O) groups excluding carboxylic acids is 1. The van der Waals surface area contributed by atoms with Crippen LogP contribution in [0.15, 0.2) is 6.20 Å². The van der Waals surface area contributed by atoms with Crippen molar-refractivity contribution in [3.8, 4) is 0 Å². The molecule has 4 fully saturated rings. The minimum atomic E-state index is -0.0688. The number of rotatable bonds is 2. The fourth-order valence-corrected chi connectivity index (χ4v) is 5.18. The summed E-state index contributed by atoms with van der Waals surface area (Å²) in [6, 6.07) is 0. The second-order valence-electron chi connectivity index (χ2n) is 6.75. The Morgan fingerprint density at radius 1 is 1.26 bits per heavy atom. The molecule has 1 aromatic rings. The molecule has 0 radical (unpaired) electrons. The number of aromatic nitrogens is 2. The third-order valence-electron chi connectivity index (χ3n) is 5.25. The van der Waals surface area contributed by atoms with Gasteiger partial charge >= 0.3 is 0 Å². The summed E-state index contributed by atoms with van der Waals surface area (Å²) in [6.07, 6.45) is 9.10. The zero-order valence-electron chi connectivity index (χ0n) is 10.8. The maximum Gasteiger partial charge on any atom is 0.256 e. The largest absolute Gasteiger partial charge is 0.346 e. The summed E-state index contributed by atoms with van der Waals surface area (Å²) in [5.74, 6) is 2.41. The van der Waals surface area contributed by atoms with Crippen molar-refractivity contribution < 1.29 is 4.79 Å². The van der Waals surface area contributed by atoms with Gasteiger partial charge in [-0.2, -0.15) is 5.10 Å². The molecule has 4 aliphatic rings. The molecule has 0 spiro atoms. The fraction of sp³-hybridized carbons (Fsp3) is 0.714. The monoisotopic (exact) mass is 279 g/mol. The summed E-state index contributed by atoms with van der Waals surface area (Å²) in [4.78, 5) is 12.4. The summed E-state index contributed by atoms with van der Waals surface area (Å²) in [7, 11) is 0. The molecular weight excluding hydrogens is 262 g/mol. The van der Waals surface area contributed by atoms with Crippen molar-refractivity contribution in [3.63, 3.8) is 0 Å². The molecule has 1 amide bonds. The molecule has 1 heterocycles. The van der Waals surface area contributed by atoms with E-state index in [0.717, 1.165) is 37.0 Å². The number of carbonyl (C=O) groups is 1. The van der Waals surface area contributed by atoms with Crippen molar-refractivity contribution >= 4 is 17.5 Å². The van der Waals surface area contributed by atoms with Crippen molar-refractivity contribution in [3.05, 3.63) is 16.9 Å². The maximum absolute atomic E-state index is 12.4. The van der Waals surface area contributed by atoms with E-state index in [2.05, 4.69) is 15.5 Å². The lowest BCUT2D eigenvalue weighted by Gasteiger charge is -2.56. The van der Waals surface area contributed by atoms with E-state index in [1.165, 1.54) is 25.5 Å². The van der Waals surface area contributed by atoms with Crippen LogP contribution in [0.4, 0.5) is 0 Å². The van der Waals surface area contributed by atoms with Crippen molar-refractivity contribution in [1.29, 1.82) is 0 Å². The highest BCUT2D eigenvalue weighted by molar-refractivity contribution is 6.32. The van der Waals surface area contributed by atoms with Crippen molar-refractivity contribution in [2.75, 3.05) is 0 Å². The van der Waals surface area contributed by atoms with Crippen LogP contribution in [0, 0.1) is 17.8 Å². The van der Waals surface area contributed by atoms with Gasteiger partial charge in [0, 0.05) is 5.54 Å². The van der Waals surface area contributed by atoms with E-state index in [0.29, 0.717) is 10.7 Å². The highest BCUT2D eigenvalue weighted by Gasteiger charge is 2.51. The van der Waals surface area contributed by atoms with E-state index < -0.39 is 0 Å². The van der Waals surface area contributed by atoms with Crippen LogP contribution >= 0.6 is 11.6 Å². The number of amides is 1. The van der Waals surface area contributed by atoms with Gasteiger partial charge in [0.05, 0.1) is 11.8 Å². The van der Waals surface area contributed by atoms with Gasteiger partial charge in [0.2, 0.25) is 0 Å². The van der Waals surface area contributed by atoms with Crippen molar-refractivity contribution in [1.82, 2.24) is 15.5 Å². The maximum atomic E-state index is 12.4. The van der Waals surface area contributed by atoms with Gasteiger partial charge in [-0.3, -0.25) is 9.89 Å². The SMILES string of the molecule is O=C(NC12CC3CC(CC(C3)C1)C2)c1cn[nH]c1Cl. The molecule has 4 saturated carbocycles. The molecule has 5 heteroatoms. The lowest BCUT2D eigenvalue weighted by molar-refractivity contribution is -0.0166. The molecule has 5 rings (SSSR count). The molecule has 0 saturated heterocycles. The van der Waals surface area contributed by atoms with Crippen LogP contribution in [0.5, 0.6) is 0 Å². The van der Waals surface area contributed by atoms with Crippen LogP contribution in [-0.2, 0) is 0 Å². The van der Waals surface area contributed by atoms with Gasteiger partial charge in [0.25, 0.3) is 5.91 Å². The Morgan fingerprint density at radius 2 is 1.84 bits per heavy atom. The fourth-order valence-electron chi connectivity index (χ4n) is 5.00. The molecule has 1 aromatic heterocycles. The number of halogens is 1. The standard InChI is InChI=1S/C14H18ClN3O/c15-12-11(7-16-18-12)13(19)17-14-4-8-1-9(5-14)3-10(2-8)6-14/h7-10H,1-6H2,(H,16,18)(H,17,19). The molecule has 0 unspecified atom stereocenters. The zero-order chi connectivity index (χ0) is 13.0. The Bertz CT molecular complexity index is 489. The number of hydrogen-bond donors (Lipinski definition) is 2. The quantitative estimate of drug-likeness (QED) is 0.874. The van der Waals surface area contributed by atoms with E-state index in [1.54, 1.807) is 0 Å². The van der Waals surface area contributed by atoms with Crippen LogP contribution in [0.1, 0.15) is 48.9 Å². The van der Waals surface area contributed by atoms with Gasteiger partial charge in [0.1, 0.15) is 5.15 Å². The number of nitrogens with zero attached hydrogens (tertiary/aromatic N) is 1. The lowest BCUT2D eigenvalue weighted by atomic mass is 9.53. The normalized spacial score (nSPS) is 39.5. The van der Waals surface area contributed by atoms with Crippen LogP contribution in [0.2, 0.25) is 5.15 Å². The zero-order valence-corrected chi connectivity index (χ0v) is 11.5. The third-order valence-corrected chi connectivity index (χ3v) is 5.54. The van der Waals surface area contributed by atoms with Crippen molar-refractivity contribution in [2.45, 2.75) is 44.1 Å². The number of aromatic amines is 1. The summed E-state index contributed by atoms with van der Waals surface area (Å²) in [6.45, 7) is 0. The summed E-state index contributed by atoms with van der Waals surface area (Å²) >= 11 is 5.94. The molecule has 0 aromatic carbocycles. The Morgan fingerprint density at radius 3 is 2.32 bits per heavy atom.